The lowest BCUT2D eigenvalue weighted by Gasteiger charge is -2.28. The van der Waals surface area contributed by atoms with E-state index in [9.17, 15) is 4.79 Å². The van der Waals surface area contributed by atoms with Crippen LogP contribution in [0.5, 0.6) is 0 Å². The third kappa shape index (κ3) is 3.91. The second-order valence-electron chi connectivity index (χ2n) is 8.75. The molecule has 0 atom stereocenters. The number of rotatable bonds is 4. The third-order valence-electron chi connectivity index (χ3n) is 5.29. The number of benzene rings is 1. The number of amides is 1. The summed E-state index contributed by atoms with van der Waals surface area (Å²) in [5, 5.41) is 0. The van der Waals surface area contributed by atoms with Crippen LogP contribution in [0.4, 0.5) is 0 Å². The zero-order chi connectivity index (χ0) is 18.3. The second kappa shape index (κ2) is 6.64. The average Bonchev–Trinajstić information content (AvgIpc) is 2.87. The zero-order valence-corrected chi connectivity index (χ0v) is 18.6. The van der Waals surface area contributed by atoms with Crippen LogP contribution in [0.1, 0.15) is 61.2 Å². The number of hydrogen-bond acceptors (Lipinski definition) is 1. The van der Waals surface area contributed by atoms with Crippen molar-refractivity contribution in [1.29, 1.82) is 0 Å². The molecule has 1 radical (unpaired) electrons. The first-order valence-corrected chi connectivity index (χ1v) is 15.5. The van der Waals surface area contributed by atoms with E-state index in [2.05, 4.69) is 77.1 Å². The maximum absolute atomic E-state index is 13.1. The second-order valence-corrected chi connectivity index (χ2v) is 21.0. The number of allylic oxidation sites excluding steroid dienone is 1. The lowest BCUT2D eigenvalue weighted by atomic mass is 9.83. The highest BCUT2D eigenvalue weighted by Crippen LogP contribution is 2.34. The molecule has 1 aromatic rings. The molecule has 2 rings (SSSR count). The summed E-state index contributed by atoms with van der Waals surface area (Å²) >= 11 is 0. The number of carbonyl (C=O) groups excluding carboxylic acids is 1. The fourth-order valence-electron chi connectivity index (χ4n) is 2.86. The van der Waals surface area contributed by atoms with Crippen LogP contribution in [0.3, 0.4) is 0 Å². The number of hydrogen-bond donors (Lipinski definition) is 1. The van der Waals surface area contributed by atoms with Gasteiger partial charge in [0.05, 0.1) is 8.31 Å². The van der Waals surface area contributed by atoms with Crippen LogP contribution in [-0.2, 0) is 11.8 Å². The van der Waals surface area contributed by atoms with Gasteiger partial charge < -0.3 is 4.98 Å². The van der Waals surface area contributed by atoms with Gasteiger partial charge in [-0.3, -0.25) is 4.79 Å². The lowest BCUT2D eigenvalue weighted by Crippen LogP contribution is -2.57. The molecule has 0 aromatic heterocycles. The van der Waals surface area contributed by atoms with Crippen LogP contribution in [-0.4, -0.2) is 22.0 Å². The predicted molar refractivity (Wildman–Crippen MR) is 110 cm³/mol. The highest BCUT2D eigenvalue weighted by Gasteiger charge is 2.31. The first kappa shape index (κ1) is 19.2. The van der Waals surface area contributed by atoms with Crippen molar-refractivity contribution < 1.29 is 4.79 Å². The Balaban J connectivity index is 2.48. The quantitative estimate of drug-likeness (QED) is 0.745. The van der Waals surface area contributed by atoms with E-state index in [4.69, 9.17) is 0 Å². The standard InChI is InChI=1S/C20H32NOSi2/c1-9-14-10-15-12-16(20(2,3)4)13-18(17(15)11-14)19(22)21-24(7,8)23(5)6/h10,12-13H,9,11H2,1-8H3,(H,21,22). The average molecular weight is 359 g/mol. The third-order valence-corrected chi connectivity index (χ3v) is 16.5. The van der Waals surface area contributed by atoms with E-state index in [0.717, 1.165) is 18.4 Å². The molecule has 24 heavy (non-hydrogen) atoms. The normalized spacial score (nSPS) is 14.6. The molecule has 1 N–H and O–H groups in total. The summed E-state index contributed by atoms with van der Waals surface area (Å²) in [5.74, 6) is 0.144. The van der Waals surface area contributed by atoms with Gasteiger partial charge >= 0.3 is 0 Å². The van der Waals surface area contributed by atoms with Crippen molar-refractivity contribution in [2.24, 2.45) is 0 Å². The summed E-state index contributed by atoms with van der Waals surface area (Å²) in [4.78, 5) is 16.6. The van der Waals surface area contributed by atoms with Gasteiger partial charge in [-0.05, 0) is 41.0 Å². The summed E-state index contributed by atoms with van der Waals surface area (Å²) in [6, 6.07) is 4.43. The Hall–Kier alpha value is -1.14. The molecular weight excluding hydrogens is 326 g/mol. The lowest BCUT2D eigenvalue weighted by molar-refractivity contribution is 0.0978. The molecular formula is C20H32NOSi2. The van der Waals surface area contributed by atoms with E-state index in [1.165, 1.54) is 22.3 Å². The van der Waals surface area contributed by atoms with Crippen molar-refractivity contribution in [1.82, 2.24) is 4.98 Å². The monoisotopic (exact) mass is 358 g/mol. The van der Waals surface area contributed by atoms with Crippen LogP contribution in [0.15, 0.2) is 17.7 Å². The van der Waals surface area contributed by atoms with Gasteiger partial charge in [-0.15, -0.1) is 0 Å². The number of carbonyl (C=O) groups is 1. The Bertz CT molecular complexity index is 682. The first-order valence-electron chi connectivity index (χ1n) is 8.95. The van der Waals surface area contributed by atoms with Crippen LogP contribution < -0.4 is 4.98 Å². The highest BCUT2D eigenvalue weighted by atomic mass is 29.2. The highest BCUT2D eigenvalue weighted by molar-refractivity contribution is 7.30. The topological polar surface area (TPSA) is 29.1 Å². The van der Waals surface area contributed by atoms with Crippen molar-refractivity contribution in [3.8, 4) is 0 Å². The van der Waals surface area contributed by atoms with Gasteiger partial charge in [0.1, 0.15) is 7.75 Å². The summed E-state index contributed by atoms with van der Waals surface area (Å²) in [5.41, 5.74) is 6.10. The molecule has 0 unspecified atom stereocenters. The Morgan fingerprint density at radius 1 is 1.25 bits per heavy atom. The Kier molecular flexibility index (Phi) is 5.31. The Labute approximate surface area is 150 Å². The van der Waals surface area contributed by atoms with Crippen LogP contribution >= 0.6 is 0 Å². The molecule has 2 nitrogen and oxygen atoms in total. The molecule has 1 amide bonds. The maximum Gasteiger partial charge on any atom is 0.243 e. The molecule has 0 saturated heterocycles. The molecule has 0 aliphatic heterocycles. The fourth-order valence-corrected chi connectivity index (χ4v) is 4.90. The smallest absolute Gasteiger partial charge is 0.243 e. The minimum Gasteiger partial charge on any atom is -0.381 e. The molecule has 0 fully saturated rings. The Morgan fingerprint density at radius 3 is 2.38 bits per heavy atom. The predicted octanol–water partition coefficient (Wildman–Crippen LogP) is 5.10. The van der Waals surface area contributed by atoms with E-state index < -0.39 is 16.1 Å². The summed E-state index contributed by atoms with van der Waals surface area (Å²) in [7, 11) is -2.15. The SMILES string of the molecule is CCC1=Cc2cc(C(C)(C)C)cc(C(=O)N[Si](C)(C)[Si](C)C)c2C1. The number of fused-ring (bicyclic) bond motifs is 1. The van der Waals surface area contributed by atoms with Crippen molar-refractivity contribution in [3.05, 3.63) is 40.0 Å². The molecule has 0 saturated carbocycles. The summed E-state index contributed by atoms with van der Waals surface area (Å²) in [6.07, 6.45) is 4.27. The van der Waals surface area contributed by atoms with Gasteiger partial charge in [0.15, 0.2) is 0 Å². The molecule has 1 aromatic carbocycles. The van der Waals surface area contributed by atoms with E-state index in [0.29, 0.717) is 0 Å². The van der Waals surface area contributed by atoms with Crippen LogP contribution in [0, 0.1) is 0 Å². The van der Waals surface area contributed by atoms with E-state index in [1.54, 1.807) is 0 Å². The molecule has 0 bridgehead atoms. The summed E-state index contributed by atoms with van der Waals surface area (Å²) in [6.45, 7) is 18.0. The van der Waals surface area contributed by atoms with Gasteiger partial charge in [0.25, 0.3) is 0 Å². The Morgan fingerprint density at radius 2 is 1.88 bits per heavy atom. The van der Waals surface area contributed by atoms with E-state index >= 15 is 0 Å². The summed E-state index contributed by atoms with van der Waals surface area (Å²) < 4.78 is 0. The first-order chi connectivity index (χ1) is 11.0. The minimum atomic E-state index is -1.66. The molecule has 1 aliphatic rings. The van der Waals surface area contributed by atoms with Crippen molar-refractivity contribution >= 4 is 28.1 Å². The van der Waals surface area contributed by atoms with Gasteiger partial charge in [-0.25, -0.2) is 0 Å². The van der Waals surface area contributed by atoms with Crippen LogP contribution in [0.2, 0.25) is 26.2 Å². The van der Waals surface area contributed by atoms with Crippen molar-refractivity contribution in [3.63, 3.8) is 0 Å². The van der Waals surface area contributed by atoms with Gasteiger partial charge in [0, 0.05) is 5.56 Å². The fraction of sp³-hybridized carbons (Fsp3) is 0.550. The minimum absolute atomic E-state index is 0.0459. The molecule has 4 heteroatoms. The van der Waals surface area contributed by atoms with Crippen molar-refractivity contribution in [2.45, 2.75) is 72.1 Å². The maximum atomic E-state index is 13.1. The molecule has 0 heterocycles. The van der Waals surface area contributed by atoms with Crippen LogP contribution in [0.25, 0.3) is 6.08 Å². The van der Waals surface area contributed by atoms with Gasteiger partial charge in [0.2, 0.25) is 5.91 Å². The molecule has 131 valence electrons. The zero-order valence-electron chi connectivity index (χ0n) is 16.6. The largest absolute Gasteiger partial charge is 0.381 e. The molecule has 1 aliphatic carbocycles. The van der Waals surface area contributed by atoms with E-state index in [-0.39, 0.29) is 11.3 Å². The molecule has 0 spiro atoms. The van der Waals surface area contributed by atoms with Gasteiger partial charge in [-0.1, -0.05) is 71.6 Å². The van der Waals surface area contributed by atoms with Gasteiger partial charge in [-0.2, -0.15) is 0 Å². The number of nitrogens with one attached hydrogen (secondary N) is 1. The van der Waals surface area contributed by atoms with E-state index in [1.807, 2.05) is 0 Å². The van der Waals surface area contributed by atoms with Crippen molar-refractivity contribution in [2.75, 3.05) is 0 Å².